The lowest BCUT2D eigenvalue weighted by atomic mass is 10.1. The summed E-state index contributed by atoms with van der Waals surface area (Å²) in [6, 6.07) is 0. The monoisotopic (exact) mass is 168 g/mol. The van der Waals surface area contributed by atoms with E-state index in [2.05, 4.69) is 19.2 Å². The molecule has 0 radical (unpaired) electrons. The number of rotatable bonds is 6. The summed E-state index contributed by atoms with van der Waals surface area (Å²) in [5, 5.41) is 8.48. The predicted octanol–water partition coefficient (Wildman–Crippen LogP) is 2.75. The molecule has 0 saturated heterocycles. The molecule has 0 rings (SSSR count). The van der Waals surface area contributed by atoms with Gasteiger partial charge in [0.15, 0.2) is 0 Å². The van der Waals surface area contributed by atoms with E-state index in [4.69, 9.17) is 5.11 Å². The second-order valence-corrected chi connectivity index (χ2v) is 2.81. The maximum absolute atomic E-state index is 10.3. The summed E-state index contributed by atoms with van der Waals surface area (Å²) in [6.45, 7) is 5.59. The van der Waals surface area contributed by atoms with Crippen molar-refractivity contribution in [2.75, 3.05) is 0 Å². The third-order valence-corrected chi connectivity index (χ3v) is 1.70. The average molecular weight is 168 g/mol. The lowest BCUT2D eigenvalue weighted by Gasteiger charge is -1.99. The lowest BCUT2D eigenvalue weighted by Crippen LogP contribution is -1.96. The van der Waals surface area contributed by atoms with Crippen LogP contribution in [0.3, 0.4) is 0 Å². The van der Waals surface area contributed by atoms with E-state index in [1.807, 2.05) is 0 Å². The highest BCUT2D eigenvalue weighted by atomic mass is 16.4. The smallest absolute Gasteiger partial charge is 0.308 e. The molecule has 0 unspecified atom stereocenters. The van der Waals surface area contributed by atoms with Crippen LogP contribution in [0.1, 0.15) is 39.0 Å². The van der Waals surface area contributed by atoms with E-state index in [0.29, 0.717) is 0 Å². The third-order valence-electron chi connectivity index (χ3n) is 1.70. The molecule has 0 aromatic carbocycles. The molecule has 68 valence electrons. The summed E-state index contributed by atoms with van der Waals surface area (Å²) >= 11 is 0. The molecule has 0 atom stereocenters. The van der Waals surface area contributed by atoms with E-state index in [1.54, 1.807) is 0 Å². The zero-order chi connectivity index (χ0) is 9.40. The Morgan fingerprint density at radius 3 is 2.58 bits per heavy atom. The lowest BCUT2D eigenvalue weighted by molar-refractivity contribution is -0.136. The van der Waals surface area contributed by atoms with Crippen LogP contribution in [0.2, 0.25) is 0 Å². The number of unbranched alkanes of at least 4 members (excludes halogenated alkanes) is 2. The van der Waals surface area contributed by atoms with Crippen molar-refractivity contribution in [3.05, 3.63) is 17.9 Å². The van der Waals surface area contributed by atoms with Gasteiger partial charge in [0.2, 0.25) is 0 Å². The van der Waals surface area contributed by atoms with Gasteiger partial charge in [0.05, 0.1) is 6.42 Å². The Hall–Kier alpha value is -1.01. The van der Waals surface area contributed by atoms with Crippen LogP contribution in [0.25, 0.3) is 0 Å². The molecular weight excluding hydrogens is 152 g/mol. The number of carboxylic acids is 1. The van der Waals surface area contributed by atoms with E-state index >= 15 is 0 Å². The summed E-state index contributed by atoms with van der Waals surface area (Å²) in [4.78, 5) is 10.3. The Morgan fingerprint density at radius 1 is 1.50 bits per heavy atom. The van der Waals surface area contributed by atoms with Gasteiger partial charge in [0, 0.05) is 0 Å². The largest absolute Gasteiger partial charge is 0.481 e. The summed E-state index contributed by atoms with van der Waals surface area (Å²) in [6.07, 6.45) is 4.25. The molecule has 0 aliphatic carbocycles. The standard InChI is InChI=1S/C10H16O2/c1-3-5-6-7-9(4-2)8-10(11)12/h2-3,5-8H2,1H3,(H,11,12). The minimum Gasteiger partial charge on any atom is -0.481 e. The van der Waals surface area contributed by atoms with Crippen LogP contribution in [0.4, 0.5) is 0 Å². The second kappa shape index (κ2) is 6.68. The minimum atomic E-state index is -0.794. The van der Waals surface area contributed by atoms with Gasteiger partial charge in [-0.15, -0.1) is 5.73 Å². The Kier molecular flexibility index (Phi) is 6.12. The van der Waals surface area contributed by atoms with Crippen LogP contribution in [0.5, 0.6) is 0 Å². The fraction of sp³-hybridized carbons (Fsp3) is 0.600. The molecule has 0 amide bonds. The number of hydrogen-bond acceptors (Lipinski definition) is 1. The molecule has 0 heterocycles. The predicted molar refractivity (Wildman–Crippen MR) is 49.0 cm³/mol. The zero-order valence-electron chi connectivity index (χ0n) is 7.60. The highest BCUT2D eigenvalue weighted by Gasteiger charge is 2.01. The summed E-state index contributed by atoms with van der Waals surface area (Å²) in [7, 11) is 0. The molecule has 2 heteroatoms. The molecule has 0 aromatic rings. The van der Waals surface area contributed by atoms with E-state index < -0.39 is 5.97 Å². The third kappa shape index (κ3) is 5.75. The van der Waals surface area contributed by atoms with Gasteiger partial charge in [-0.25, -0.2) is 0 Å². The van der Waals surface area contributed by atoms with Crippen molar-refractivity contribution in [2.24, 2.45) is 0 Å². The van der Waals surface area contributed by atoms with Crippen molar-refractivity contribution in [3.8, 4) is 0 Å². The van der Waals surface area contributed by atoms with E-state index in [1.165, 1.54) is 0 Å². The zero-order valence-corrected chi connectivity index (χ0v) is 7.60. The van der Waals surface area contributed by atoms with Crippen LogP contribution in [0.15, 0.2) is 17.9 Å². The Bertz CT molecular complexity index is 188. The first kappa shape index (κ1) is 11.0. The van der Waals surface area contributed by atoms with Gasteiger partial charge in [-0.05, 0) is 18.4 Å². The Labute approximate surface area is 73.6 Å². The number of hydrogen-bond donors (Lipinski definition) is 1. The van der Waals surface area contributed by atoms with Gasteiger partial charge in [0.25, 0.3) is 0 Å². The number of aliphatic carboxylic acids is 1. The molecule has 0 saturated carbocycles. The maximum atomic E-state index is 10.3. The molecule has 0 spiro atoms. The van der Waals surface area contributed by atoms with Gasteiger partial charge >= 0.3 is 5.97 Å². The van der Waals surface area contributed by atoms with Crippen molar-refractivity contribution in [3.63, 3.8) is 0 Å². The van der Waals surface area contributed by atoms with Crippen molar-refractivity contribution < 1.29 is 9.90 Å². The van der Waals surface area contributed by atoms with Gasteiger partial charge in [-0.3, -0.25) is 4.79 Å². The van der Waals surface area contributed by atoms with Crippen molar-refractivity contribution in [2.45, 2.75) is 39.0 Å². The summed E-state index contributed by atoms with van der Waals surface area (Å²) in [5.41, 5.74) is 3.49. The molecule has 0 fully saturated rings. The molecule has 0 bridgehead atoms. The number of carboxylic acid groups (broad SMARTS) is 1. The molecule has 0 aliphatic rings. The maximum Gasteiger partial charge on any atom is 0.308 e. The quantitative estimate of drug-likeness (QED) is 0.489. The fourth-order valence-electron chi connectivity index (χ4n) is 1.01. The van der Waals surface area contributed by atoms with Crippen LogP contribution in [0, 0.1) is 0 Å². The van der Waals surface area contributed by atoms with Crippen molar-refractivity contribution in [1.82, 2.24) is 0 Å². The van der Waals surface area contributed by atoms with Gasteiger partial charge in [-0.1, -0.05) is 26.3 Å². The highest BCUT2D eigenvalue weighted by molar-refractivity contribution is 5.69. The Balaban J connectivity index is 3.70. The van der Waals surface area contributed by atoms with E-state index in [9.17, 15) is 4.79 Å². The highest BCUT2D eigenvalue weighted by Crippen LogP contribution is 2.10. The average Bonchev–Trinajstić information content (AvgIpc) is 2.02. The fourth-order valence-corrected chi connectivity index (χ4v) is 1.01. The summed E-state index contributed by atoms with van der Waals surface area (Å²) in [5.74, 6) is -0.794. The van der Waals surface area contributed by atoms with Gasteiger partial charge in [0.1, 0.15) is 0 Å². The first-order chi connectivity index (χ1) is 5.70. The molecule has 1 N–H and O–H groups in total. The molecule has 0 aliphatic heterocycles. The normalized spacial score (nSPS) is 9.08. The van der Waals surface area contributed by atoms with Gasteiger partial charge < -0.3 is 5.11 Å². The van der Waals surface area contributed by atoms with Crippen molar-refractivity contribution in [1.29, 1.82) is 0 Å². The van der Waals surface area contributed by atoms with Crippen LogP contribution in [-0.4, -0.2) is 11.1 Å². The number of carbonyl (C=O) groups is 1. The molecule has 2 nitrogen and oxygen atoms in total. The van der Waals surface area contributed by atoms with E-state index in [0.717, 1.165) is 31.3 Å². The van der Waals surface area contributed by atoms with Crippen LogP contribution < -0.4 is 0 Å². The Morgan fingerprint density at radius 2 is 2.17 bits per heavy atom. The molecule has 0 aromatic heterocycles. The van der Waals surface area contributed by atoms with Gasteiger partial charge in [-0.2, -0.15) is 0 Å². The molecule has 12 heavy (non-hydrogen) atoms. The molecular formula is C10H16O2. The first-order valence-electron chi connectivity index (χ1n) is 4.30. The van der Waals surface area contributed by atoms with Crippen LogP contribution in [-0.2, 0) is 4.79 Å². The topological polar surface area (TPSA) is 37.3 Å². The first-order valence-corrected chi connectivity index (χ1v) is 4.30. The summed E-state index contributed by atoms with van der Waals surface area (Å²) < 4.78 is 0. The van der Waals surface area contributed by atoms with Crippen molar-refractivity contribution >= 4 is 5.97 Å². The second-order valence-electron chi connectivity index (χ2n) is 2.81. The van der Waals surface area contributed by atoms with E-state index in [-0.39, 0.29) is 6.42 Å². The van der Waals surface area contributed by atoms with Crippen LogP contribution >= 0.6 is 0 Å². The minimum absolute atomic E-state index is 0.0905. The SMILES string of the molecule is C=C=C(CCCCC)CC(=O)O.